The van der Waals surface area contributed by atoms with E-state index >= 15 is 0 Å². The minimum absolute atomic E-state index is 0.0667. The van der Waals surface area contributed by atoms with Gasteiger partial charge in [0, 0.05) is 25.8 Å². The molecule has 5 rings (SSSR count). The predicted molar refractivity (Wildman–Crippen MR) is 120 cm³/mol. The summed E-state index contributed by atoms with van der Waals surface area (Å²) in [4.78, 5) is 44.6. The van der Waals surface area contributed by atoms with E-state index < -0.39 is 11.4 Å². The second-order valence-electron chi connectivity index (χ2n) is 8.29. The minimum atomic E-state index is -1.56. The largest absolute Gasteiger partial charge is 0.450 e. The number of amides is 2. The lowest BCUT2D eigenvalue weighted by Gasteiger charge is -2.34. The first-order valence-electron chi connectivity index (χ1n) is 10.7. The summed E-state index contributed by atoms with van der Waals surface area (Å²) >= 11 is 0. The zero-order valence-corrected chi connectivity index (χ0v) is 18.5. The van der Waals surface area contributed by atoms with Gasteiger partial charge in [-0.05, 0) is 50.1 Å². The van der Waals surface area contributed by atoms with Gasteiger partial charge in [-0.1, -0.05) is 18.2 Å². The summed E-state index contributed by atoms with van der Waals surface area (Å²) < 4.78 is 11.3. The number of anilines is 1. The maximum absolute atomic E-state index is 14.0. The predicted octanol–water partition coefficient (Wildman–Crippen LogP) is 3.12. The number of aryl methyl sites for hydroxylation is 2. The van der Waals surface area contributed by atoms with Crippen LogP contribution in [0.3, 0.4) is 0 Å². The highest BCUT2D eigenvalue weighted by Gasteiger charge is 2.64. The molecule has 1 aromatic heterocycles. The molecule has 3 heterocycles. The molecule has 0 fully saturated rings. The number of carbonyl (C=O) groups excluding carboxylic acids is 2. The number of hydrogen-bond donors (Lipinski definition) is 0. The number of nitrogens with zero attached hydrogens (tertiary/aromatic N) is 2. The van der Waals surface area contributed by atoms with Crippen molar-refractivity contribution in [2.24, 2.45) is 0 Å². The Morgan fingerprint density at radius 3 is 2.50 bits per heavy atom. The molecule has 2 aliphatic heterocycles. The van der Waals surface area contributed by atoms with Crippen LogP contribution in [0.2, 0.25) is 0 Å². The fraction of sp³-hybridized carbons (Fsp3) is 0.320. The van der Waals surface area contributed by atoms with Crippen molar-refractivity contribution >= 4 is 28.5 Å². The van der Waals surface area contributed by atoms with Gasteiger partial charge >= 0.3 is 0 Å². The van der Waals surface area contributed by atoms with E-state index in [-0.39, 0.29) is 35.8 Å². The standard InChI is InChI=1S/C25H24N2O5/c1-5-26-18-9-7-6-8-17(18)25(24(26)30)20-21(28)16-12-14(2)15(3)13-19(16)32-22(20)23(29)27(25)10-11-31-4/h6-9,12-13H,5,10-11H2,1-4H3. The van der Waals surface area contributed by atoms with E-state index in [9.17, 15) is 14.4 Å². The summed E-state index contributed by atoms with van der Waals surface area (Å²) in [5.41, 5.74) is 1.74. The number of fused-ring (bicyclic) bond motifs is 5. The Bertz CT molecular complexity index is 1360. The maximum Gasteiger partial charge on any atom is 0.291 e. The summed E-state index contributed by atoms with van der Waals surface area (Å²) in [6.07, 6.45) is 0. The van der Waals surface area contributed by atoms with Crippen molar-refractivity contribution in [2.45, 2.75) is 26.3 Å². The molecule has 2 amide bonds. The molecule has 0 saturated carbocycles. The molecular weight excluding hydrogens is 408 g/mol. The van der Waals surface area contributed by atoms with Crippen molar-refractivity contribution in [3.8, 4) is 0 Å². The monoisotopic (exact) mass is 432 g/mol. The Kier molecular flexibility index (Phi) is 4.49. The van der Waals surface area contributed by atoms with Crippen LogP contribution in [0, 0.1) is 13.8 Å². The maximum atomic E-state index is 14.0. The normalized spacial score (nSPS) is 19.4. The second-order valence-corrected chi connectivity index (χ2v) is 8.29. The zero-order chi connectivity index (χ0) is 22.8. The molecule has 2 aliphatic rings. The van der Waals surface area contributed by atoms with E-state index in [0.717, 1.165) is 11.1 Å². The van der Waals surface area contributed by atoms with Gasteiger partial charge in [-0.3, -0.25) is 14.4 Å². The van der Waals surface area contributed by atoms with E-state index in [1.54, 1.807) is 17.0 Å². The summed E-state index contributed by atoms with van der Waals surface area (Å²) in [6, 6.07) is 10.9. The third-order valence-corrected chi connectivity index (χ3v) is 6.69. The van der Waals surface area contributed by atoms with E-state index in [2.05, 4.69) is 0 Å². The van der Waals surface area contributed by atoms with Crippen LogP contribution in [0.15, 0.2) is 45.6 Å². The molecule has 7 heteroatoms. The number of benzene rings is 2. The lowest BCUT2D eigenvalue weighted by molar-refractivity contribution is -0.126. The summed E-state index contributed by atoms with van der Waals surface area (Å²) in [5, 5.41) is 0.368. The first kappa shape index (κ1) is 20.5. The molecule has 3 aromatic rings. The molecule has 7 nitrogen and oxygen atoms in total. The average Bonchev–Trinajstić information content (AvgIpc) is 3.18. The van der Waals surface area contributed by atoms with Gasteiger partial charge in [0.05, 0.1) is 23.2 Å². The van der Waals surface area contributed by atoms with Crippen LogP contribution < -0.4 is 10.3 Å². The Morgan fingerprint density at radius 2 is 1.78 bits per heavy atom. The van der Waals surface area contributed by atoms with Crippen LogP contribution in [0.5, 0.6) is 0 Å². The highest BCUT2D eigenvalue weighted by atomic mass is 16.5. The third-order valence-electron chi connectivity index (χ3n) is 6.69. The van der Waals surface area contributed by atoms with Crippen LogP contribution in [0.4, 0.5) is 5.69 Å². The van der Waals surface area contributed by atoms with E-state index in [0.29, 0.717) is 28.8 Å². The molecule has 0 bridgehead atoms. The summed E-state index contributed by atoms with van der Waals surface area (Å²) in [6.45, 7) is 6.49. The fourth-order valence-corrected chi connectivity index (χ4v) is 5.04. The first-order chi connectivity index (χ1) is 15.4. The van der Waals surface area contributed by atoms with Crippen LogP contribution in [-0.2, 0) is 15.1 Å². The van der Waals surface area contributed by atoms with E-state index in [1.807, 2.05) is 45.0 Å². The van der Waals surface area contributed by atoms with Gasteiger partial charge in [-0.15, -0.1) is 0 Å². The number of carbonyl (C=O) groups is 2. The molecule has 2 aromatic carbocycles. The van der Waals surface area contributed by atoms with E-state index in [1.165, 1.54) is 12.0 Å². The lowest BCUT2D eigenvalue weighted by Crippen LogP contribution is -2.54. The van der Waals surface area contributed by atoms with Gasteiger partial charge < -0.3 is 19.0 Å². The molecular formula is C25H24N2O5. The van der Waals surface area contributed by atoms with Crippen LogP contribution >= 0.6 is 0 Å². The third kappa shape index (κ3) is 2.37. The fourth-order valence-electron chi connectivity index (χ4n) is 5.04. The van der Waals surface area contributed by atoms with Gasteiger partial charge in [-0.25, -0.2) is 0 Å². The molecule has 1 atom stereocenters. The van der Waals surface area contributed by atoms with E-state index in [4.69, 9.17) is 9.15 Å². The molecule has 0 radical (unpaired) electrons. The number of para-hydroxylation sites is 1. The SMILES string of the molecule is CCN1C(=O)C2(c3ccccc31)c1c(oc3cc(C)c(C)cc3c1=O)C(=O)N2CCOC. The Labute approximate surface area is 185 Å². The molecule has 0 aliphatic carbocycles. The number of hydrogen-bond acceptors (Lipinski definition) is 5. The van der Waals surface area contributed by atoms with Gasteiger partial charge in [0.2, 0.25) is 5.76 Å². The van der Waals surface area contributed by atoms with Gasteiger partial charge in [0.15, 0.2) is 11.0 Å². The van der Waals surface area contributed by atoms with Crippen molar-refractivity contribution in [3.05, 3.63) is 74.6 Å². The van der Waals surface area contributed by atoms with Crippen molar-refractivity contribution in [2.75, 3.05) is 31.7 Å². The van der Waals surface area contributed by atoms with Crippen LogP contribution in [-0.4, -0.2) is 43.5 Å². The van der Waals surface area contributed by atoms with Gasteiger partial charge in [0.25, 0.3) is 11.8 Å². The van der Waals surface area contributed by atoms with Crippen molar-refractivity contribution in [3.63, 3.8) is 0 Å². The summed E-state index contributed by atoms with van der Waals surface area (Å²) in [7, 11) is 1.53. The zero-order valence-electron chi connectivity index (χ0n) is 18.5. The molecule has 0 N–H and O–H groups in total. The number of ether oxygens (including phenoxy) is 1. The number of rotatable bonds is 4. The number of likely N-dealkylation sites (N-methyl/N-ethyl adjacent to an activating group) is 1. The van der Waals surface area contributed by atoms with Crippen molar-refractivity contribution < 1.29 is 18.7 Å². The Balaban J connectivity index is 1.92. The summed E-state index contributed by atoms with van der Waals surface area (Å²) in [5.74, 6) is -0.863. The van der Waals surface area contributed by atoms with Crippen molar-refractivity contribution in [1.82, 2.24) is 4.90 Å². The second kappa shape index (κ2) is 7.03. The smallest absolute Gasteiger partial charge is 0.291 e. The molecule has 0 saturated heterocycles. The van der Waals surface area contributed by atoms with Crippen molar-refractivity contribution in [1.29, 1.82) is 0 Å². The van der Waals surface area contributed by atoms with Crippen LogP contribution in [0.1, 0.15) is 39.7 Å². The van der Waals surface area contributed by atoms with Gasteiger partial charge in [-0.2, -0.15) is 0 Å². The Hall–Kier alpha value is -3.45. The lowest BCUT2D eigenvalue weighted by atomic mass is 9.84. The highest BCUT2D eigenvalue weighted by molar-refractivity contribution is 6.17. The average molecular weight is 432 g/mol. The topological polar surface area (TPSA) is 80.1 Å². The first-order valence-corrected chi connectivity index (χ1v) is 10.7. The Morgan fingerprint density at radius 1 is 1.06 bits per heavy atom. The molecule has 32 heavy (non-hydrogen) atoms. The highest BCUT2D eigenvalue weighted by Crippen LogP contribution is 2.52. The van der Waals surface area contributed by atoms with Crippen LogP contribution in [0.25, 0.3) is 11.0 Å². The molecule has 164 valence electrons. The molecule has 1 spiro atoms. The number of methoxy groups -OCH3 is 1. The van der Waals surface area contributed by atoms with Gasteiger partial charge in [0.1, 0.15) is 5.58 Å². The minimum Gasteiger partial charge on any atom is -0.450 e. The quantitative estimate of drug-likeness (QED) is 0.633. The molecule has 1 unspecified atom stereocenters.